The predicted molar refractivity (Wildman–Crippen MR) is 155 cm³/mol. The van der Waals surface area contributed by atoms with Crippen molar-refractivity contribution in [2.75, 3.05) is 13.3 Å². The lowest BCUT2D eigenvalue weighted by atomic mass is 10.0. The van der Waals surface area contributed by atoms with Crippen LogP contribution in [0.3, 0.4) is 0 Å². The Morgan fingerprint density at radius 1 is 1.25 bits per heavy atom. The molecule has 0 amide bonds. The van der Waals surface area contributed by atoms with Crippen LogP contribution in [0, 0.1) is 20.8 Å². The molecule has 1 aliphatic heterocycles. The van der Waals surface area contributed by atoms with Crippen molar-refractivity contribution in [3.63, 3.8) is 0 Å². The number of halogens is 2. The van der Waals surface area contributed by atoms with E-state index in [2.05, 4.69) is 10.1 Å². The number of aliphatic hydroxyl groups excluding tert-OH is 1. The maximum absolute atomic E-state index is 15.0. The number of ketones is 1. The Balaban J connectivity index is 1.37. The summed E-state index contributed by atoms with van der Waals surface area (Å²) in [7, 11) is -3.64. The van der Waals surface area contributed by atoms with Gasteiger partial charge in [-0.1, -0.05) is 6.92 Å². The first-order valence-corrected chi connectivity index (χ1v) is 16.1. The summed E-state index contributed by atoms with van der Waals surface area (Å²) in [6, 6.07) is 4.14. The van der Waals surface area contributed by atoms with Gasteiger partial charge in [0, 0.05) is 24.7 Å². The Bertz CT molecular complexity index is 1670. The average molecular weight is 640 g/mol. The van der Waals surface area contributed by atoms with Crippen LogP contribution in [0.5, 0.6) is 0 Å². The van der Waals surface area contributed by atoms with E-state index < -0.39 is 62.6 Å². The van der Waals surface area contributed by atoms with Gasteiger partial charge in [-0.15, -0.1) is 0 Å². The van der Waals surface area contributed by atoms with E-state index in [-0.39, 0.29) is 24.5 Å². The molecular formula is C29H36F2N3O9P. The van der Waals surface area contributed by atoms with Crippen molar-refractivity contribution in [1.82, 2.24) is 14.6 Å². The number of Topliss-reactive ketones (excluding diaryl/α,β-unsaturated/α-hetero) is 1. The third-order valence-electron chi connectivity index (χ3n) is 7.64. The van der Waals surface area contributed by atoms with E-state index in [1.165, 1.54) is 19.7 Å². The summed E-state index contributed by atoms with van der Waals surface area (Å²) in [5, 5.41) is 13.6. The van der Waals surface area contributed by atoms with Crippen LogP contribution in [-0.4, -0.2) is 63.9 Å². The molecule has 240 valence electrons. The zero-order chi connectivity index (χ0) is 32.6. The third kappa shape index (κ3) is 7.16. The maximum Gasteiger partial charge on any atom is 0.350 e. The van der Waals surface area contributed by atoms with Gasteiger partial charge in [0.05, 0.1) is 24.8 Å². The Morgan fingerprint density at radius 3 is 2.61 bits per heavy atom. The van der Waals surface area contributed by atoms with E-state index in [1.54, 1.807) is 13.0 Å². The number of nitrogens with zero attached hydrogens (tertiary/aromatic N) is 2. The van der Waals surface area contributed by atoms with Gasteiger partial charge in [0.25, 0.3) is 7.52 Å². The van der Waals surface area contributed by atoms with Gasteiger partial charge in [-0.3, -0.25) is 18.7 Å². The molecule has 0 radical (unpaired) electrons. The molecule has 2 N–H and O–H groups in total. The number of hydrogen-bond acceptors (Lipinski definition) is 10. The average Bonchev–Trinajstić information content (AvgIpc) is 3.46. The predicted octanol–water partition coefficient (Wildman–Crippen LogP) is 3.89. The van der Waals surface area contributed by atoms with Crippen LogP contribution in [0.25, 0.3) is 11.0 Å². The lowest BCUT2D eigenvalue weighted by molar-refractivity contribution is -0.144. The molecule has 1 unspecified atom stereocenters. The SMILES string of the molecule is CCC(=O)[C@H](C)NP(C)(=O)OC[C@H]1O[C@@H](n2ccc(CC(=O)OCc3cc4cc(C)c(C)c(C)c4o3)nc2=O)C(F)(F)[C@@H]1O. The number of hydrogen-bond donors (Lipinski definition) is 2. The van der Waals surface area contributed by atoms with Crippen molar-refractivity contribution in [3.8, 4) is 0 Å². The van der Waals surface area contributed by atoms with Crippen LogP contribution >= 0.6 is 7.52 Å². The molecular weight excluding hydrogens is 603 g/mol. The van der Waals surface area contributed by atoms with Crippen LogP contribution in [0.4, 0.5) is 8.78 Å². The van der Waals surface area contributed by atoms with Gasteiger partial charge in [0.15, 0.2) is 6.10 Å². The second-order valence-corrected chi connectivity index (χ2v) is 13.2. The van der Waals surface area contributed by atoms with Crippen molar-refractivity contribution in [2.45, 2.75) is 84.5 Å². The Kier molecular flexibility index (Phi) is 9.91. The minimum atomic E-state index is -3.95. The van der Waals surface area contributed by atoms with Crippen LogP contribution in [-0.2, 0) is 41.2 Å². The number of aromatic nitrogens is 2. The molecule has 44 heavy (non-hydrogen) atoms. The number of rotatable bonds is 12. The number of fused-ring (bicyclic) bond motifs is 1. The largest absolute Gasteiger partial charge is 0.457 e. The van der Waals surface area contributed by atoms with Crippen molar-refractivity contribution in [2.24, 2.45) is 0 Å². The van der Waals surface area contributed by atoms with Crippen LogP contribution in [0.15, 0.2) is 33.6 Å². The first-order valence-electron chi connectivity index (χ1n) is 14.0. The monoisotopic (exact) mass is 639 g/mol. The van der Waals surface area contributed by atoms with Gasteiger partial charge < -0.3 is 23.5 Å². The van der Waals surface area contributed by atoms with E-state index >= 15 is 0 Å². The van der Waals surface area contributed by atoms with Gasteiger partial charge in [-0.25, -0.2) is 9.88 Å². The number of carbonyl (C=O) groups is 2. The molecule has 3 heterocycles. The summed E-state index contributed by atoms with van der Waals surface area (Å²) in [6.45, 7) is 9.35. The molecule has 15 heteroatoms. The molecule has 4 rings (SSSR count). The first kappa shape index (κ1) is 33.6. The molecule has 12 nitrogen and oxygen atoms in total. The highest BCUT2D eigenvalue weighted by atomic mass is 31.2. The van der Waals surface area contributed by atoms with Gasteiger partial charge >= 0.3 is 17.6 Å². The van der Waals surface area contributed by atoms with Gasteiger partial charge in [-0.05, 0) is 62.6 Å². The van der Waals surface area contributed by atoms with E-state index in [0.717, 1.165) is 28.3 Å². The molecule has 0 bridgehead atoms. The molecule has 1 fully saturated rings. The fraction of sp³-hybridized carbons (Fsp3) is 0.517. The van der Waals surface area contributed by atoms with Crippen molar-refractivity contribution in [3.05, 3.63) is 63.0 Å². The lowest BCUT2D eigenvalue weighted by Gasteiger charge is -2.22. The second kappa shape index (κ2) is 13.0. The fourth-order valence-electron chi connectivity index (χ4n) is 4.90. The van der Waals surface area contributed by atoms with Gasteiger partial charge in [0.2, 0.25) is 6.23 Å². The standard InChI is InChI=1S/C29H36F2N3O9P/c1-7-22(35)18(5)33-44(6,39)41-14-23-26(37)29(30,31)27(43-23)34-9-8-20(32-28(34)38)12-24(36)40-13-21-11-19-10-15(2)16(3)17(4)25(19)42-21/h8-11,18,23,26-27,37H,7,12-14H2,1-6H3,(H,33,39)/t18-,23+,26+,27+,44?/m0/s1. The van der Waals surface area contributed by atoms with Crippen molar-refractivity contribution < 1.29 is 46.5 Å². The number of carbonyl (C=O) groups excluding carboxylic acids is 2. The zero-order valence-electron chi connectivity index (χ0n) is 25.3. The molecule has 3 aromatic rings. The summed E-state index contributed by atoms with van der Waals surface area (Å²) in [6.07, 6.45) is -5.55. The number of benzene rings is 1. The number of aliphatic hydroxyl groups is 1. The number of ether oxygens (including phenoxy) is 2. The summed E-state index contributed by atoms with van der Waals surface area (Å²) in [5.41, 5.74) is 2.72. The molecule has 0 saturated carbocycles. The Hall–Kier alpha value is -3.29. The van der Waals surface area contributed by atoms with Crippen LogP contribution in [0.1, 0.15) is 54.6 Å². The Labute approximate surface area is 252 Å². The first-order chi connectivity index (χ1) is 20.5. The van der Waals surface area contributed by atoms with E-state index in [0.29, 0.717) is 15.9 Å². The van der Waals surface area contributed by atoms with E-state index in [1.807, 2.05) is 26.8 Å². The quantitative estimate of drug-likeness (QED) is 0.219. The van der Waals surface area contributed by atoms with E-state index in [4.69, 9.17) is 18.4 Å². The molecule has 1 saturated heterocycles. The third-order valence-corrected chi connectivity index (χ3v) is 9.14. The van der Waals surface area contributed by atoms with Gasteiger partial charge in [-0.2, -0.15) is 13.8 Å². The minimum Gasteiger partial charge on any atom is -0.457 e. The summed E-state index contributed by atoms with van der Waals surface area (Å²) >= 11 is 0. The summed E-state index contributed by atoms with van der Waals surface area (Å²) < 4.78 is 64.7. The second-order valence-electron chi connectivity index (χ2n) is 11.0. The topological polar surface area (TPSA) is 159 Å². The smallest absolute Gasteiger partial charge is 0.350 e. The molecule has 5 atom stereocenters. The highest BCUT2D eigenvalue weighted by Crippen LogP contribution is 2.45. The highest BCUT2D eigenvalue weighted by Gasteiger charge is 2.60. The zero-order valence-corrected chi connectivity index (χ0v) is 26.2. The maximum atomic E-state index is 15.0. The molecule has 1 aromatic carbocycles. The van der Waals surface area contributed by atoms with Crippen molar-refractivity contribution in [1.29, 1.82) is 0 Å². The van der Waals surface area contributed by atoms with Crippen molar-refractivity contribution >= 4 is 30.2 Å². The molecule has 2 aromatic heterocycles. The number of esters is 1. The highest BCUT2D eigenvalue weighted by molar-refractivity contribution is 7.56. The Morgan fingerprint density at radius 2 is 1.95 bits per heavy atom. The number of nitrogens with one attached hydrogen (secondary N) is 1. The number of alkyl halides is 2. The lowest BCUT2D eigenvalue weighted by Crippen LogP contribution is -2.42. The minimum absolute atomic E-state index is 0.0292. The molecule has 0 aliphatic carbocycles. The normalized spacial score (nSPS) is 21.7. The summed E-state index contributed by atoms with van der Waals surface area (Å²) in [5.74, 6) is -4.46. The fourth-order valence-corrected chi connectivity index (χ4v) is 6.26. The molecule has 1 aliphatic rings. The van der Waals surface area contributed by atoms with Crippen LogP contribution < -0.4 is 10.8 Å². The number of furan rings is 1. The molecule has 0 spiro atoms. The van der Waals surface area contributed by atoms with E-state index in [9.17, 15) is 32.8 Å². The van der Waals surface area contributed by atoms with Crippen LogP contribution in [0.2, 0.25) is 0 Å². The summed E-state index contributed by atoms with van der Waals surface area (Å²) in [4.78, 5) is 40.6. The number of aryl methyl sites for hydroxylation is 2. The van der Waals surface area contributed by atoms with Gasteiger partial charge in [0.1, 0.15) is 29.8 Å².